The number of thioether (sulfide) groups is 1. The van der Waals surface area contributed by atoms with Gasteiger partial charge in [0.2, 0.25) is 5.91 Å². The maximum atomic E-state index is 11.4. The molecular formula is C10H17N3OS. The van der Waals surface area contributed by atoms with E-state index in [-0.39, 0.29) is 11.8 Å². The quantitative estimate of drug-likeness (QED) is 0.767. The van der Waals surface area contributed by atoms with Crippen LogP contribution in [-0.4, -0.2) is 16.4 Å². The van der Waals surface area contributed by atoms with Crippen LogP contribution in [0.2, 0.25) is 0 Å². The van der Waals surface area contributed by atoms with E-state index in [1.807, 2.05) is 0 Å². The molecule has 15 heavy (non-hydrogen) atoms. The number of nitrogens with one attached hydrogen (secondary N) is 2. The van der Waals surface area contributed by atoms with Gasteiger partial charge < -0.3 is 5.32 Å². The summed E-state index contributed by atoms with van der Waals surface area (Å²) in [5.74, 6) is 0.391. The highest BCUT2D eigenvalue weighted by Crippen LogP contribution is 2.29. The number of hydrogen-bond donors (Lipinski definition) is 2. The lowest BCUT2D eigenvalue weighted by Gasteiger charge is -2.07. The molecule has 5 heteroatoms. The number of carbonyl (C=O) groups is 1. The minimum absolute atomic E-state index is 0.138. The predicted molar refractivity (Wildman–Crippen MR) is 62.3 cm³/mol. The van der Waals surface area contributed by atoms with E-state index in [2.05, 4.69) is 22.8 Å². The summed E-state index contributed by atoms with van der Waals surface area (Å²) >= 11 is 1.63. The van der Waals surface area contributed by atoms with Gasteiger partial charge in [0, 0.05) is 5.92 Å². The normalized spacial score (nSPS) is 24.6. The number of carbonyl (C=O) groups excluding carboxylic acids is 1. The second-order valence-electron chi connectivity index (χ2n) is 4.06. The Labute approximate surface area is 94.3 Å². The first-order chi connectivity index (χ1) is 7.29. The zero-order valence-electron chi connectivity index (χ0n) is 8.95. The molecule has 0 saturated heterocycles. The Morgan fingerprint density at radius 3 is 3.13 bits per heavy atom. The van der Waals surface area contributed by atoms with Crippen LogP contribution < -0.4 is 10.7 Å². The van der Waals surface area contributed by atoms with Gasteiger partial charge in [0.1, 0.15) is 0 Å². The third kappa shape index (κ3) is 3.12. The van der Waals surface area contributed by atoms with Crippen molar-refractivity contribution in [2.24, 2.45) is 11.0 Å². The van der Waals surface area contributed by atoms with Crippen LogP contribution in [0.25, 0.3) is 0 Å². The van der Waals surface area contributed by atoms with E-state index in [1.54, 1.807) is 11.8 Å². The molecule has 2 rings (SSSR count). The smallest absolute Gasteiger partial charge is 0.229 e. The van der Waals surface area contributed by atoms with Crippen LogP contribution in [0.4, 0.5) is 0 Å². The summed E-state index contributed by atoms with van der Waals surface area (Å²) in [5.41, 5.74) is 3.04. The Bertz CT molecular complexity index is 276. The van der Waals surface area contributed by atoms with Gasteiger partial charge >= 0.3 is 0 Å². The molecule has 84 valence electrons. The van der Waals surface area contributed by atoms with Crippen LogP contribution in [0.5, 0.6) is 0 Å². The average Bonchev–Trinajstić information content (AvgIpc) is 2.99. The van der Waals surface area contributed by atoms with E-state index in [4.69, 9.17) is 0 Å². The summed E-state index contributed by atoms with van der Waals surface area (Å²) in [6, 6.07) is 0. The van der Waals surface area contributed by atoms with Crippen molar-refractivity contribution < 1.29 is 4.79 Å². The molecule has 2 aliphatic rings. The van der Waals surface area contributed by atoms with Gasteiger partial charge in [0.05, 0.1) is 5.37 Å². The molecule has 1 saturated carbocycles. The van der Waals surface area contributed by atoms with Crippen molar-refractivity contribution in [1.82, 2.24) is 10.7 Å². The fraction of sp³-hybridized carbons (Fsp3) is 0.800. The second-order valence-corrected chi connectivity index (χ2v) is 5.25. The maximum Gasteiger partial charge on any atom is 0.229 e. The molecule has 1 heterocycles. The van der Waals surface area contributed by atoms with Crippen LogP contribution in [0.3, 0.4) is 0 Å². The molecule has 0 spiro atoms. The molecule has 0 aromatic carbocycles. The summed E-state index contributed by atoms with van der Waals surface area (Å²) in [7, 11) is 0. The predicted octanol–water partition coefficient (Wildman–Crippen LogP) is 1.64. The molecule has 1 unspecified atom stereocenters. The summed E-state index contributed by atoms with van der Waals surface area (Å²) in [4.78, 5) is 11.4. The fourth-order valence-electron chi connectivity index (χ4n) is 1.44. The zero-order valence-corrected chi connectivity index (χ0v) is 9.77. The van der Waals surface area contributed by atoms with Crippen LogP contribution in [0.1, 0.15) is 39.0 Å². The van der Waals surface area contributed by atoms with Gasteiger partial charge in [-0.25, -0.2) is 0 Å². The summed E-state index contributed by atoms with van der Waals surface area (Å²) in [6.45, 7) is 2.18. The van der Waals surface area contributed by atoms with Crippen molar-refractivity contribution in [3.8, 4) is 0 Å². The summed E-state index contributed by atoms with van der Waals surface area (Å²) in [6.07, 6.45) is 5.58. The van der Waals surface area contributed by atoms with Crippen molar-refractivity contribution in [3.05, 3.63) is 0 Å². The van der Waals surface area contributed by atoms with Crippen molar-refractivity contribution in [2.75, 3.05) is 0 Å². The van der Waals surface area contributed by atoms with Crippen molar-refractivity contribution in [2.45, 2.75) is 44.4 Å². The number of unbranched alkanes of at least 4 members (excludes halogenated alkanes) is 1. The molecule has 0 bridgehead atoms. The van der Waals surface area contributed by atoms with E-state index < -0.39 is 0 Å². The molecule has 2 N–H and O–H groups in total. The van der Waals surface area contributed by atoms with Gasteiger partial charge in [0.15, 0.2) is 5.17 Å². The first-order valence-corrected chi connectivity index (χ1v) is 6.48. The zero-order chi connectivity index (χ0) is 10.7. The van der Waals surface area contributed by atoms with Crippen molar-refractivity contribution in [1.29, 1.82) is 0 Å². The Hall–Kier alpha value is -0.710. The highest BCUT2D eigenvalue weighted by Gasteiger charge is 2.31. The first kappa shape index (κ1) is 10.8. The number of nitrogens with zero attached hydrogens (tertiary/aromatic N) is 1. The Kier molecular flexibility index (Phi) is 3.51. The highest BCUT2D eigenvalue weighted by molar-refractivity contribution is 8.14. The lowest BCUT2D eigenvalue weighted by atomic mass is 10.2. The monoisotopic (exact) mass is 227 g/mol. The Morgan fingerprint density at radius 2 is 2.47 bits per heavy atom. The van der Waals surface area contributed by atoms with Crippen LogP contribution >= 0.6 is 11.8 Å². The minimum Gasteiger partial charge on any atom is -0.303 e. The van der Waals surface area contributed by atoms with Gasteiger partial charge in [-0.05, 0) is 19.3 Å². The fourth-order valence-corrected chi connectivity index (χ4v) is 2.37. The Morgan fingerprint density at radius 1 is 1.67 bits per heavy atom. The van der Waals surface area contributed by atoms with Gasteiger partial charge in [-0.3, -0.25) is 10.2 Å². The summed E-state index contributed by atoms with van der Waals surface area (Å²) in [5, 5.41) is 8.07. The maximum absolute atomic E-state index is 11.4. The second kappa shape index (κ2) is 4.88. The SMILES string of the molecule is CCCCC1NN=C(NC(=O)C2CC2)S1. The number of hydrogen-bond acceptors (Lipinski definition) is 4. The Balaban J connectivity index is 1.69. The molecule has 1 aliphatic carbocycles. The van der Waals surface area contributed by atoms with Crippen molar-refractivity contribution in [3.63, 3.8) is 0 Å². The van der Waals surface area contributed by atoms with Crippen LogP contribution in [0, 0.1) is 5.92 Å². The van der Waals surface area contributed by atoms with Gasteiger partial charge in [0.25, 0.3) is 0 Å². The van der Waals surface area contributed by atoms with Crippen molar-refractivity contribution >= 4 is 22.8 Å². The largest absolute Gasteiger partial charge is 0.303 e. The third-order valence-electron chi connectivity index (χ3n) is 2.56. The van der Waals surface area contributed by atoms with E-state index >= 15 is 0 Å². The minimum atomic E-state index is 0.138. The molecule has 1 aliphatic heterocycles. The molecule has 1 amide bonds. The lowest BCUT2D eigenvalue weighted by molar-refractivity contribution is -0.120. The van der Waals surface area contributed by atoms with Gasteiger partial charge in [-0.15, -0.1) is 0 Å². The van der Waals surface area contributed by atoms with Crippen LogP contribution in [0.15, 0.2) is 5.10 Å². The third-order valence-corrected chi connectivity index (χ3v) is 3.60. The lowest BCUT2D eigenvalue weighted by Crippen LogP contribution is -2.28. The molecule has 0 aromatic rings. The molecular weight excluding hydrogens is 210 g/mol. The van der Waals surface area contributed by atoms with E-state index in [1.165, 1.54) is 12.8 Å². The molecule has 1 atom stereocenters. The summed E-state index contributed by atoms with van der Waals surface area (Å²) < 4.78 is 0. The number of amides is 1. The molecule has 4 nitrogen and oxygen atoms in total. The van der Waals surface area contributed by atoms with E-state index in [0.29, 0.717) is 5.37 Å². The average molecular weight is 227 g/mol. The molecule has 1 fully saturated rings. The first-order valence-electron chi connectivity index (χ1n) is 5.60. The van der Waals surface area contributed by atoms with Crippen LogP contribution in [-0.2, 0) is 4.79 Å². The number of amidine groups is 1. The topological polar surface area (TPSA) is 53.5 Å². The highest BCUT2D eigenvalue weighted by atomic mass is 32.2. The standard InChI is InChI=1S/C10H17N3OS/c1-2-3-4-8-12-13-10(15-8)11-9(14)7-5-6-7/h7-8,12H,2-6H2,1H3,(H,11,13,14). The van der Waals surface area contributed by atoms with Gasteiger partial charge in [-0.2, -0.15) is 5.10 Å². The molecule has 0 aromatic heterocycles. The number of rotatable bonds is 4. The van der Waals surface area contributed by atoms with E-state index in [0.717, 1.165) is 24.4 Å². The van der Waals surface area contributed by atoms with E-state index in [9.17, 15) is 4.79 Å². The van der Waals surface area contributed by atoms with Gasteiger partial charge in [-0.1, -0.05) is 31.5 Å². The number of hydrazone groups is 1. The molecule has 0 radical (unpaired) electrons.